The van der Waals surface area contributed by atoms with Gasteiger partial charge in [0.25, 0.3) is 5.56 Å². The largest absolute Gasteiger partial charge is 0.453 e. The van der Waals surface area contributed by atoms with Crippen LogP contribution in [0.3, 0.4) is 0 Å². The lowest BCUT2D eigenvalue weighted by Gasteiger charge is -2.08. The summed E-state index contributed by atoms with van der Waals surface area (Å²) in [7, 11) is 1.65. The first-order valence-corrected chi connectivity index (χ1v) is 10.6. The quantitative estimate of drug-likeness (QED) is 0.403. The summed E-state index contributed by atoms with van der Waals surface area (Å²) in [5, 5.41) is 10.7. The molecule has 0 aliphatic heterocycles. The van der Waals surface area contributed by atoms with E-state index in [2.05, 4.69) is 10.2 Å². The number of para-hydroxylation sites is 1. The van der Waals surface area contributed by atoms with Crippen LogP contribution in [0.4, 0.5) is 0 Å². The fraction of sp³-hybridized carbons (Fsp3) is 0.130. The van der Waals surface area contributed by atoms with Crippen molar-refractivity contribution in [3.8, 4) is 11.1 Å². The van der Waals surface area contributed by atoms with E-state index in [4.69, 9.17) is 4.74 Å². The molecular formula is C23H18N4O3S. The second-order valence-corrected chi connectivity index (χ2v) is 8.15. The normalized spacial score (nSPS) is 11.3. The van der Waals surface area contributed by atoms with Crippen LogP contribution in [0.1, 0.15) is 21.1 Å². The van der Waals surface area contributed by atoms with Gasteiger partial charge in [-0.3, -0.25) is 13.8 Å². The number of aromatic nitrogens is 4. The molecule has 7 nitrogen and oxygen atoms in total. The number of aryl methyl sites for hydroxylation is 2. The zero-order valence-electron chi connectivity index (χ0n) is 16.9. The summed E-state index contributed by atoms with van der Waals surface area (Å²) in [6.45, 7) is 1.96. The highest BCUT2D eigenvalue weighted by atomic mass is 32.1. The molecule has 0 aliphatic rings. The minimum absolute atomic E-state index is 0.0621. The van der Waals surface area contributed by atoms with Crippen molar-refractivity contribution in [1.29, 1.82) is 0 Å². The number of rotatable bonds is 4. The average molecular weight is 430 g/mol. The molecule has 3 aromatic heterocycles. The molecule has 31 heavy (non-hydrogen) atoms. The molecule has 0 saturated carbocycles. The molecular weight excluding hydrogens is 412 g/mol. The molecule has 0 radical (unpaired) electrons. The molecule has 0 unspecified atom stereocenters. The van der Waals surface area contributed by atoms with E-state index in [0.29, 0.717) is 27.4 Å². The van der Waals surface area contributed by atoms with Crippen LogP contribution >= 0.6 is 11.3 Å². The number of carbonyl (C=O) groups excluding carboxylic acids is 1. The first-order chi connectivity index (χ1) is 15.0. The highest BCUT2D eigenvalue weighted by molar-refractivity contribution is 7.12. The average Bonchev–Trinajstić information content (AvgIpc) is 3.44. The molecule has 0 N–H and O–H groups in total. The molecule has 2 aromatic carbocycles. The van der Waals surface area contributed by atoms with E-state index < -0.39 is 5.97 Å². The summed E-state index contributed by atoms with van der Waals surface area (Å²) in [5.74, 6) is 0.422. The Morgan fingerprint density at radius 3 is 2.65 bits per heavy atom. The minimum Gasteiger partial charge on any atom is -0.453 e. The number of fused-ring (bicyclic) bond motifs is 3. The van der Waals surface area contributed by atoms with Gasteiger partial charge in [0.1, 0.15) is 4.88 Å². The molecule has 154 valence electrons. The van der Waals surface area contributed by atoms with Crippen LogP contribution < -0.4 is 5.56 Å². The van der Waals surface area contributed by atoms with Gasteiger partial charge < -0.3 is 4.74 Å². The highest BCUT2D eigenvalue weighted by Crippen LogP contribution is 2.29. The van der Waals surface area contributed by atoms with Gasteiger partial charge in [-0.25, -0.2) is 4.79 Å². The molecule has 3 heterocycles. The first kappa shape index (κ1) is 19.2. The van der Waals surface area contributed by atoms with Gasteiger partial charge in [-0.1, -0.05) is 42.0 Å². The zero-order chi connectivity index (χ0) is 21.5. The Hall–Kier alpha value is -3.78. The number of hydrogen-bond donors (Lipinski definition) is 0. The third-order valence-corrected chi connectivity index (χ3v) is 6.13. The number of thiophene rings is 1. The van der Waals surface area contributed by atoms with Gasteiger partial charge in [-0.05, 0) is 36.1 Å². The monoisotopic (exact) mass is 430 g/mol. The summed E-state index contributed by atoms with van der Waals surface area (Å²) < 4.78 is 8.79. The van der Waals surface area contributed by atoms with Crippen LogP contribution in [0.15, 0.2) is 64.8 Å². The maximum absolute atomic E-state index is 12.9. The van der Waals surface area contributed by atoms with Crippen LogP contribution in [0, 0.1) is 6.92 Å². The fourth-order valence-corrected chi connectivity index (χ4v) is 4.42. The molecule has 0 amide bonds. The Morgan fingerprint density at radius 1 is 1.06 bits per heavy atom. The lowest BCUT2D eigenvalue weighted by Crippen LogP contribution is -2.20. The van der Waals surface area contributed by atoms with Crippen molar-refractivity contribution in [3.63, 3.8) is 0 Å². The third kappa shape index (κ3) is 3.21. The molecule has 0 atom stereocenters. The van der Waals surface area contributed by atoms with Crippen molar-refractivity contribution in [2.45, 2.75) is 13.5 Å². The zero-order valence-corrected chi connectivity index (χ0v) is 17.7. The summed E-state index contributed by atoms with van der Waals surface area (Å²) in [6.07, 6.45) is 0. The van der Waals surface area contributed by atoms with E-state index in [1.54, 1.807) is 17.5 Å². The van der Waals surface area contributed by atoms with Gasteiger partial charge in [0.2, 0.25) is 5.78 Å². The van der Waals surface area contributed by atoms with Crippen molar-refractivity contribution in [1.82, 2.24) is 19.2 Å². The highest BCUT2D eigenvalue weighted by Gasteiger charge is 2.19. The maximum Gasteiger partial charge on any atom is 0.349 e. The van der Waals surface area contributed by atoms with Crippen LogP contribution in [0.2, 0.25) is 0 Å². The van der Waals surface area contributed by atoms with E-state index in [1.165, 1.54) is 15.9 Å². The fourth-order valence-electron chi connectivity index (χ4n) is 3.61. The minimum atomic E-state index is -0.420. The SMILES string of the molecule is Cc1ccc(-c2ccsc2C(=O)OCc2nnc3n(C)c(=O)c4ccccc4n23)cc1. The van der Waals surface area contributed by atoms with Crippen molar-refractivity contribution >= 4 is 34.0 Å². The van der Waals surface area contributed by atoms with E-state index in [9.17, 15) is 9.59 Å². The number of esters is 1. The van der Waals surface area contributed by atoms with Crippen molar-refractivity contribution in [2.24, 2.45) is 7.05 Å². The van der Waals surface area contributed by atoms with Crippen LogP contribution in [-0.4, -0.2) is 25.1 Å². The van der Waals surface area contributed by atoms with Gasteiger partial charge in [0, 0.05) is 12.6 Å². The second kappa shape index (κ2) is 7.48. The molecule has 8 heteroatoms. The van der Waals surface area contributed by atoms with Gasteiger partial charge in [-0.15, -0.1) is 21.5 Å². The summed E-state index contributed by atoms with van der Waals surface area (Å²) >= 11 is 1.34. The Morgan fingerprint density at radius 2 is 1.84 bits per heavy atom. The van der Waals surface area contributed by atoms with Crippen LogP contribution in [-0.2, 0) is 18.4 Å². The van der Waals surface area contributed by atoms with E-state index in [-0.39, 0.29) is 12.2 Å². The summed E-state index contributed by atoms with van der Waals surface area (Å²) in [5.41, 5.74) is 3.48. The van der Waals surface area contributed by atoms with E-state index >= 15 is 0 Å². The maximum atomic E-state index is 12.9. The third-order valence-electron chi connectivity index (χ3n) is 5.24. The molecule has 0 saturated heterocycles. The molecule has 0 spiro atoms. The summed E-state index contributed by atoms with van der Waals surface area (Å²) in [4.78, 5) is 26.0. The van der Waals surface area contributed by atoms with Crippen molar-refractivity contribution in [3.05, 3.63) is 86.6 Å². The number of ether oxygens (including phenoxy) is 1. The molecule has 5 aromatic rings. The van der Waals surface area contributed by atoms with Crippen molar-refractivity contribution in [2.75, 3.05) is 0 Å². The lowest BCUT2D eigenvalue weighted by molar-refractivity contribution is 0.0468. The van der Waals surface area contributed by atoms with Crippen molar-refractivity contribution < 1.29 is 9.53 Å². The lowest BCUT2D eigenvalue weighted by atomic mass is 10.1. The Labute approximate surface area is 181 Å². The van der Waals surface area contributed by atoms with Gasteiger partial charge in [0.05, 0.1) is 10.9 Å². The predicted molar refractivity (Wildman–Crippen MR) is 119 cm³/mol. The number of hydrogen-bond acceptors (Lipinski definition) is 6. The van der Waals surface area contributed by atoms with E-state index in [0.717, 1.165) is 16.7 Å². The van der Waals surface area contributed by atoms with Gasteiger partial charge in [-0.2, -0.15) is 0 Å². The van der Waals surface area contributed by atoms with Gasteiger partial charge >= 0.3 is 5.97 Å². The predicted octanol–water partition coefficient (Wildman–Crippen LogP) is 3.98. The second-order valence-electron chi connectivity index (χ2n) is 7.24. The summed E-state index contributed by atoms with van der Waals surface area (Å²) in [6, 6.07) is 17.2. The molecule has 0 bridgehead atoms. The molecule has 5 rings (SSSR count). The molecule has 0 fully saturated rings. The van der Waals surface area contributed by atoms with Crippen LogP contribution in [0.5, 0.6) is 0 Å². The topological polar surface area (TPSA) is 78.5 Å². The number of nitrogens with zero attached hydrogens (tertiary/aromatic N) is 4. The number of benzene rings is 2. The van der Waals surface area contributed by atoms with E-state index in [1.807, 2.05) is 60.8 Å². The smallest absolute Gasteiger partial charge is 0.349 e. The van der Waals surface area contributed by atoms with Crippen LogP contribution in [0.25, 0.3) is 27.8 Å². The van der Waals surface area contributed by atoms with Gasteiger partial charge in [0.15, 0.2) is 12.4 Å². The Kier molecular flexibility index (Phi) is 4.63. The number of carbonyl (C=O) groups is 1. The Balaban J connectivity index is 1.48. The molecule has 0 aliphatic carbocycles. The Bertz CT molecular complexity index is 1500. The first-order valence-electron chi connectivity index (χ1n) is 9.68. The standard InChI is InChI=1S/C23H18N4O3S/c1-14-7-9-15(10-8-14)16-11-12-31-20(16)22(29)30-13-19-24-25-23-26(2)21(28)17-5-3-4-6-18(17)27(19)23/h3-12H,13H2,1-2H3.